The van der Waals surface area contributed by atoms with Crippen molar-refractivity contribution in [2.24, 2.45) is 0 Å². The molecular weight excluding hydrogens is 416 g/mol. The van der Waals surface area contributed by atoms with Crippen LogP contribution in [0.4, 0.5) is 0 Å². The van der Waals surface area contributed by atoms with Crippen LogP contribution in [0.15, 0.2) is 78.3 Å². The average Bonchev–Trinajstić information content (AvgIpc) is 3.36. The molecule has 0 aliphatic heterocycles. The highest BCUT2D eigenvalue weighted by Gasteiger charge is 2.17. The summed E-state index contributed by atoms with van der Waals surface area (Å²) in [5.41, 5.74) is 4.08. The van der Waals surface area contributed by atoms with Crippen LogP contribution in [-0.4, -0.2) is 29.1 Å². The number of imidazole rings is 1. The Labute approximate surface area is 182 Å². The van der Waals surface area contributed by atoms with E-state index in [1.807, 2.05) is 59.3 Å². The molecule has 0 atom stereocenters. The number of benzene rings is 2. The van der Waals surface area contributed by atoms with E-state index >= 15 is 0 Å². The lowest BCUT2D eigenvalue weighted by atomic mass is 10.1. The van der Waals surface area contributed by atoms with Gasteiger partial charge in [-0.3, -0.25) is 8.97 Å². The van der Waals surface area contributed by atoms with Crippen LogP contribution in [0.2, 0.25) is 5.02 Å². The van der Waals surface area contributed by atoms with Crippen molar-refractivity contribution in [2.45, 2.75) is 17.8 Å². The third-order valence-electron chi connectivity index (χ3n) is 4.63. The summed E-state index contributed by atoms with van der Waals surface area (Å²) in [6, 6.07) is 17.8. The lowest BCUT2D eigenvalue weighted by Crippen LogP contribution is -2.00. The van der Waals surface area contributed by atoms with Crippen LogP contribution < -0.4 is 0 Å². The van der Waals surface area contributed by atoms with Crippen molar-refractivity contribution in [2.75, 3.05) is 0 Å². The SMILES string of the molecule is Cc1cccc(-c2nnc(SCc3cn4cccnc4n3)n2-c2ccc(Cl)cc2)c1. The van der Waals surface area contributed by atoms with Gasteiger partial charge in [0.25, 0.3) is 0 Å². The van der Waals surface area contributed by atoms with E-state index < -0.39 is 0 Å². The molecule has 0 bridgehead atoms. The fourth-order valence-corrected chi connectivity index (χ4v) is 4.21. The van der Waals surface area contributed by atoms with Crippen molar-refractivity contribution in [3.05, 3.63) is 89.5 Å². The second-order valence-corrected chi connectivity index (χ2v) is 8.21. The molecule has 30 heavy (non-hydrogen) atoms. The number of nitrogens with zero attached hydrogens (tertiary/aromatic N) is 6. The summed E-state index contributed by atoms with van der Waals surface area (Å²) in [5.74, 6) is 2.14. The van der Waals surface area contributed by atoms with Crippen LogP contribution in [0.3, 0.4) is 0 Å². The molecule has 3 heterocycles. The zero-order valence-corrected chi connectivity index (χ0v) is 17.7. The topological polar surface area (TPSA) is 60.9 Å². The Hall–Kier alpha value is -3.16. The molecule has 0 unspecified atom stereocenters. The van der Waals surface area contributed by atoms with E-state index in [2.05, 4.69) is 43.8 Å². The Morgan fingerprint density at radius 1 is 1.03 bits per heavy atom. The molecule has 0 N–H and O–H groups in total. The molecule has 3 aromatic heterocycles. The average molecular weight is 433 g/mol. The molecule has 0 aliphatic rings. The summed E-state index contributed by atoms with van der Waals surface area (Å²) >= 11 is 7.69. The molecule has 5 rings (SSSR count). The summed E-state index contributed by atoms with van der Waals surface area (Å²) in [5, 5.41) is 10.5. The molecule has 148 valence electrons. The van der Waals surface area contributed by atoms with E-state index in [0.29, 0.717) is 16.6 Å². The fraction of sp³-hybridized carbons (Fsp3) is 0.0909. The number of aromatic nitrogens is 6. The minimum Gasteiger partial charge on any atom is -0.291 e. The molecule has 0 saturated heterocycles. The maximum absolute atomic E-state index is 6.11. The van der Waals surface area contributed by atoms with Gasteiger partial charge in [-0.15, -0.1) is 10.2 Å². The molecule has 0 radical (unpaired) electrons. The van der Waals surface area contributed by atoms with Gasteiger partial charge < -0.3 is 0 Å². The number of halogens is 1. The Balaban J connectivity index is 1.53. The number of aryl methyl sites for hydroxylation is 1. The monoisotopic (exact) mass is 432 g/mol. The minimum atomic E-state index is 0.656. The molecule has 2 aromatic carbocycles. The maximum atomic E-state index is 6.11. The van der Waals surface area contributed by atoms with Gasteiger partial charge in [-0.1, -0.05) is 47.1 Å². The van der Waals surface area contributed by atoms with Gasteiger partial charge >= 0.3 is 0 Å². The molecule has 6 nitrogen and oxygen atoms in total. The maximum Gasteiger partial charge on any atom is 0.233 e. The number of rotatable bonds is 5. The molecule has 0 amide bonds. The number of hydrogen-bond acceptors (Lipinski definition) is 5. The third kappa shape index (κ3) is 3.69. The zero-order chi connectivity index (χ0) is 20.5. The molecule has 5 aromatic rings. The zero-order valence-electron chi connectivity index (χ0n) is 16.1. The van der Waals surface area contributed by atoms with E-state index in [1.54, 1.807) is 18.0 Å². The van der Waals surface area contributed by atoms with Gasteiger partial charge in [0.2, 0.25) is 5.78 Å². The Morgan fingerprint density at radius 3 is 2.70 bits per heavy atom. The summed E-state index contributed by atoms with van der Waals surface area (Å²) in [6.45, 7) is 2.07. The fourth-order valence-electron chi connectivity index (χ4n) is 3.24. The first kappa shape index (κ1) is 18.8. The van der Waals surface area contributed by atoms with Crippen LogP contribution in [0.25, 0.3) is 22.9 Å². The molecule has 0 spiro atoms. The van der Waals surface area contributed by atoms with Gasteiger partial charge in [0.15, 0.2) is 11.0 Å². The van der Waals surface area contributed by atoms with Crippen LogP contribution in [0.1, 0.15) is 11.3 Å². The number of hydrogen-bond donors (Lipinski definition) is 0. The van der Waals surface area contributed by atoms with Crippen LogP contribution in [0.5, 0.6) is 0 Å². The van der Waals surface area contributed by atoms with Crippen LogP contribution >= 0.6 is 23.4 Å². The molecule has 0 saturated carbocycles. The van der Waals surface area contributed by atoms with Gasteiger partial charge in [0.05, 0.1) is 5.69 Å². The summed E-state index contributed by atoms with van der Waals surface area (Å²) in [6.07, 6.45) is 5.67. The van der Waals surface area contributed by atoms with Gasteiger partial charge in [0, 0.05) is 40.6 Å². The Bertz CT molecular complexity index is 1290. The standard InChI is InChI=1S/C22H17ClN6S/c1-15-4-2-5-16(12-15)20-26-27-22(29(20)19-8-6-17(23)7-9-19)30-14-18-13-28-11-3-10-24-21(28)25-18/h2-13H,14H2,1H3. The van der Waals surface area contributed by atoms with Crippen molar-refractivity contribution in [3.63, 3.8) is 0 Å². The van der Waals surface area contributed by atoms with E-state index in [-0.39, 0.29) is 0 Å². The number of thioether (sulfide) groups is 1. The minimum absolute atomic E-state index is 0.656. The van der Waals surface area contributed by atoms with Gasteiger partial charge in [-0.25, -0.2) is 9.97 Å². The van der Waals surface area contributed by atoms with Gasteiger partial charge in [-0.2, -0.15) is 0 Å². The Kier molecular flexibility index (Phi) is 4.98. The molecular formula is C22H17ClN6S. The lowest BCUT2D eigenvalue weighted by molar-refractivity contribution is 0.885. The van der Waals surface area contributed by atoms with E-state index in [0.717, 1.165) is 27.9 Å². The summed E-state index contributed by atoms with van der Waals surface area (Å²) in [7, 11) is 0. The first-order chi connectivity index (χ1) is 14.7. The summed E-state index contributed by atoms with van der Waals surface area (Å²) in [4.78, 5) is 8.85. The van der Waals surface area contributed by atoms with Crippen LogP contribution in [0, 0.1) is 6.92 Å². The van der Waals surface area contributed by atoms with Crippen LogP contribution in [-0.2, 0) is 5.75 Å². The first-order valence-corrected chi connectivity index (χ1v) is 10.7. The highest BCUT2D eigenvalue weighted by molar-refractivity contribution is 7.98. The molecule has 0 fully saturated rings. The Morgan fingerprint density at radius 2 is 1.90 bits per heavy atom. The van der Waals surface area contributed by atoms with Crippen molar-refractivity contribution in [3.8, 4) is 17.1 Å². The predicted octanol–water partition coefficient (Wildman–Crippen LogP) is 5.23. The van der Waals surface area contributed by atoms with Crippen molar-refractivity contribution in [1.82, 2.24) is 29.1 Å². The molecule has 0 aliphatic carbocycles. The van der Waals surface area contributed by atoms with Gasteiger partial charge in [-0.05, 0) is 43.3 Å². The highest BCUT2D eigenvalue weighted by atomic mass is 35.5. The van der Waals surface area contributed by atoms with E-state index in [1.165, 1.54) is 5.56 Å². The second kappa shape index (κ2) is 7.93. The smallest absolute Gasteiger partial charge is 0.233 e. The van der Waals surface area contributed by atoms with Crippen molar-refractivity contribution in [1.29, 1.82) is 0 Å². The predicted molar refractivity (Wildman–Crippen MR) is 119 cm³/mol. The number of fused-ring (bicyclic) bond motifs is 1. The normalized spacial score (nSPS) is 11.3. The van der Waals surface area contributed by atoms with E-state index in [4.69, 9.17) is 11.6 Å². The highest BCUT2D eigenvalue weighted by Crippen LogP contribution is 2.30. The van der Waals surface area contributed by atoms with Crippen molar-refractivity contribution < 1.29 is 0 Å². The van der Waals surface area contributed by atoms with Crippen molar-refractivity contribution >= 4 is 29.1 Å². The van der Waals surface area contributed by atoms with Gasteiger partial charge in [0.1, 0.15) is 0 Å². The first-order valence-electron chi connectivity index (χ1n) is 9.37. The van der Waals surface area contributed by atoms with E-state index in [9.17, 15) is 0 Å². The quantitative estimate of drug-likeness (QED) is 0.356. The lowest BCUT2D eigenvalue weighted by Gasteiger charge is -2.10. The second-order valence-electron chi connectivity index (χ2n) is 6.84. The third-order valence-corrected chi connectivity index (χ3v) is 5.84. The molecule has 8 heteroatoms. The summed E-state index contributed by atoms with van der Waals surface area (Å²) < 4.78 is 3.97. The largest absolute Gasteiger partial charge is 0.291 e.